The van der Waals surface area contributed by atoms with Gasteiger partial charge in [0.15, 0.2) is 6.17 Å². The standard InChI is InChI=1S/C29H55N3O/c1-4-6-7-8-9-10-11-12-13-14-15-16-17-18-19-20-21-22-23-29-31-25-27-32(29,5-2)26-24-30-28(3)33/h14-15,25,29H,4-13,16-24,26-27H2,1-3H3/p+1/b15-14+. The van der Waals surface area contributed by atoms with Gasteiger partial charge in [0.25, 0.3) is 0 Å². The molecule has 0 fully saturated rings. The van der Waals surface area contributed by atoms with Crippen LogP contribution in [0.25, 0.3) is 0 Å². The summed E-state index contributed by atoms with van der Waals surface area (Å²) in [5, 5.41) is 2.96. The summed E-state index contributed by atoms with van der Waals surface area (Å²) >= 11 is 0. The smallest absolute Gasteiger partial charge is 0.217 e. The third kappa shape index (κ3) is 14.7. The molecule has 4 heteroatoms. The molecule has 0 bridgehead atoms. The number of hydrogen-bond donors (Lipinski definition) is 1. The van der Waals surface area contributed by atoms with Crippen LogP contribution >= 0.6 is 0 Å². The van der Waals surface area contributed by atoms with E-state index in [9.17, 15) is 4.79 Å². The van der Waals surface area contributed by atoms with Gasteiger partial charge < -0.3 is 5.32 Å². The van der Waals surface area contributed by atoms with E-state index in [1.54, 1.807) is 6.92 Å². The first-order chi connectivity index (χ1) is 16.1. The molecule has 192 valence electrons. The van der Waals surface area contributed by atoms with Crippen molar-refractivity contribution in [1.29, 1.82) is 0 Å². The molecule has 0 spiro atoms. The van der Waals surface area contributed by atoms with Gasteiger partial charge in [0, 0.05) is 13.3 Å². The summed E-state index contributed by atoms with van der Waals surface area (Å²) < 4.78 is 1.02. The summed E-state index contributed by atoms with van der Waals surface area (Å²) in [5.41, 5.74) is 0. The molecule has 1 aliphatic rings. The van der Waals surface area contributed by atoms with E-state index >= 15 is 0 Å². The van der Waals surface area contributed by atoms with Gasteiger partial charge in [-0.2, -0.15) is 0 Å². The van der Waals surface area contributed by atoms with Gasteiger partial charge in [0.05, 0.1) is 25.8 Å². The summed E-state index contributed by atoms with van der Waals surface area (Å²) in [6, 6.07) is 0. The highest BCUT2D eigenvalue weighted by molar-refractivity contribution is 5.72. The van der Waals surface area contributed by atoms with E-state index in [0.717, 1.165) is 30.7 Å². The van der Waals surface area contributed by atoms with Crippen LogP contribution in [0, 0.1) is 0 Å². The molecule has 0 aromatic heterocycles. The first-order valence-corrected chi connectivity index (χ1v) is 14.4. The van der Waals surface area contributed by atoms with Crippen molar-refractivity contribution < 1.29 is 9.28 Å². The number of aliphatic imine (C=N–C) groups is 1. The molecule has 2 unspecified atom stereocenters. The van der Waals surface area contributed by atoms with Crippen LogP contribution in [0.1, 0.15) is 130 Å². The van der Waals surface area contributed by atoms with Crippen LogP contribution in [0.4, 0.5) is 0 Å². The highest BCUT2D eigenvalue weighted by atomic mass is 16.1. The first kappa shape index (κ1) is 29.9. The van der Waals surface area contributed by atoms with E-state index in [-0.39, 0.29) is 5.91 Å². The Morgan fingerprint density at radius 2 is 1.42 bits per heavy atom. The Labute approximate surface area is 206 Å². The number of likely N-dealkylation sites (N-methyl/N-ethyl adjacent to an activating group) is 1. The van der Waals surface area contributed by atoms with E-state index in [4.69, 9.17) is 4.99 Å². The fraction of sp³-hybridized carbons (Fsp3) is 0.862. The van der Waals surface area contributed by atoms with E-state index in [1.807, 2.05) is 0 Å². The van der Waals surface area contributed by atoms with Gasteiger partial charge in [0.1, 0.15) is 6.54 Å². The molecule has 1 heterocycles. The number of hydrogen-bond acceptors (Lipinski definition) is 2. The molecule has 1 aliphatic heterocycles. The highest BCUT2D eigenvalue weighted by Gasteiger charge is 2.37. The average molecular weight is 463 g/mol. The fourth-order valence-electron chi connectivity index (χ4n) is 5.06. The third-order valence-electron chi connectivity index (χ3n) is 7.39. The predicted octanol–water partition coefficient (Wildman–Crippen LogP) is 7.58. The number of quaternary nitrogens is 1. The zero-order chi connectivity index (χ0) is 24.0. The summed E-state index contributed by atoms with van der Waals surface area (Å²) in [6.45, 7) is 10.0. The molecule has 4 nitrogen and oxygen atoms in total. The molecule has 0 saturated heterocycles. The van der Waals surface area contributed by atoms with Gasteiger partial charge in [-0.25, -0.2) is 4.99 Å². The van der Waals surface area contributed by atoms with Crippen molar-refractivity contribution in [2.75, 3.05) is 26.2 Å². The molecule has 0 radical (unpaired) electrons. The second-order valence-electron chi connectivity index (χ2n) is 10.2. The van der Waals surface area contributed by atoms with Crippen molar-refractivity contribution in [3.63, 3.8) is 0 Å². The highest BCUT2D eigenvalue weighted by Crippen LogP contribution is 2.24. The Morgan fingerprint density at radius 1 is 0.879 bits per heavy atom. The maximum Gasteiger partial charge on any atom is 0.217 e. The van der Waals surface area contributed by atoms with E-state index < -0.39 is 0 Å². The van der Waals surface area contributed by atoms with E-state index in [1.165, 1.54) is 109 Å². The van der Waals surface area contributed by atoms with Crippen LogP contribution in [0.5, 0.6) is 0 Å². The largest absolute Gasteiger partial charge is 0.351 e. The maximum atomic E-state index is 11.2. The van der Waals surface area contributed by atoms with Gasteiger partial charge in [-0.1, -0.05) is 89.7 Å². The second-order valence-corrected chi connectivity index (χ2v) is 10.2. The Balaban J connectivity index is 1.94. The van der Waals surface area contributed by atoms with Crippen LogP contribution in [0.2, 0.25) is 0 Å². The van der Waals surface area contributed by atoms with Crippen LogP contribution in [0.3, 0.4) is 0 Å². The SMILES string of the molecule is CCCCCCCCCC/C=C/CCCCCCCCC1N=CC[N+]1(CC)CCNC(C)=O. The Morgan fingerprint density at radius 3 is 1.97 bits per heavy atom. The minimum absolute atomic E-state index is 0.0694. The number of carbonyl (C=O) groups excluding carboxylic acids is 1. The summed E-state index contributed by atoms with van der Waals surface area (Å²) in [7, 11) is 0. The zero-order valence-electron chi connectivity index (χ0n) is 22.5. The first-order valence-electron chi connectivity index (χ1n) is 14.4. The normalized spacial score (nSPS) is 20.2. The zero-order valence-corrected chi connectivity index (χ0v) is 22.5. The van der Waals surface area contributed by atoms with Crippen molar-refractivity contribution >= 4 is 12.1 Å². The van der Waals surface area contributed by atoms with E-state index in [0.29, 0.717) is 6.17 Å². The summed E-state index contributed by atoms with van der Waals surface area (Å²) in [4.78, 5) is 16.0. The molecule has 1 N–H and O–H groups in total. The number of unbranched alkanes of at least 4 members (excludes halogenated alkanes) is 14. The lowest BCUT2D eigenvalue weighted by molar-refractivity contribution is -0.935. The molecule has 1 amide bonds. The fourth-order valence-corrected chi connectivity index (χ4v) is 5.06. The van der Waals surface area contributed by atoms with Gasteiger partial charge in [0.2, 0.25) is 5.91 Å². The molecule has 0 saturated carbocycles. The van der Waals surface area contributed by atoms with E-state index in [2.05, 4.69) is 37.5 Å². The summed E-state index contributed by atoms with van der Waals surface area (Å²) in [5.74, 6) is 0.0694. The number of allylic oxidation sites excluding steroid dienone is 2. The van der Waals surface area contributed by atoms with Crippen molar-refractivity contribution in [2.24, 2.45) is 4.99 Å². The Bertz CT molecular complexity index is 531. The Hall–Kier alpha value is -1.16. The van der Waals surface area contributed by atoms with Crippen LogP contribution < -0.4 is 5.32 Å². The van der Waals surface area contributed by atoms with Crippen molar-refractivity contribution in [3.05, 3.63) is 12.2 Å². The van der Waals surface area contributed by atoms with Gasteiger partial charge in [-0.05, 0) is 39.0 Å². The van der Waals surface area contributed by atoms with Crippen molar-refractivity contribution in [2.45, 2.75) is 136 Å². The molecular weight excluding hydrogens is 406 g/mol. The van der Waals surface area contributed by atoms with Crippen LogP contribution in [0.15, 0.2) is 17.1 Å². The maximum absolute atomic E-state index is 11.2. The molecule has 33 heavy (non-hydrogen) atoms. The quantitative estimate of drug-likeness (QED) is 0.101. The number of carbonyl (C=O) groups is 1. The van der Waals surface area contributed by atoms with Crippen LogP contribution in [-0.4, -0.2) is 48.9 Å². The average Bonchev–Trinajstić information content (AvgIpc) is 3.21. The Kier molecular flexibility index (Phi) is 18.3. The topological polar surface area (TPSA) is 41.5 Å². The molecule has 0 aromatic carbocycles. The van der Waals surface area contributed by atoms with Crippen molar-refractivity contribution in [1.82, 2.24) is 5.32 Å². The number of nitrogens with zero attached hydrogens (tertiary/aromatic N) is 2. The third-order valence-corrected chi connectivity index (χ3v) is 7.39. The molecular formula is C29H56N3O+. The molecule has 0 aromatic rings. The second kappa shape index (κ2) is 20.2. The van der Waals surface area contributed by atoms with Crippen LogP contribution in [-0.2, 0) is 4.79 Å². The number of rotatable bonds is 22. The lowest BCUT2D eigenvalue weighted by Crippen LogP contribution is -2.55. The predicted molar refractivity (Wildman–Crippen MR) is 145 cm³/mol. The molecule has 0 aliphatic carbocycles. The lowest BCUT2D eigenvalue weighted by atomic mass is 10.1. The number of amides is 1. The van der Waals surface area contributed by atoms with Gasteiger partial charge in [-0.15, -0.1) is 0 Å². The van der Waals surface area contributed by atoms with Gasteiger partial charge in [-0.3, -0.25) is 9.28 Å². The number of nitrogens with one attached hydrogen (secondary N) is 1. The minimum atomic E-state index is 0.0694. The molecule has 2 atom stereocenters. The monoisotopic (exact) mass is 462 g/mol. The van der Waals surface area contributed by atoms with Crippen molar-refractivity contribution in [3.8, 4) is 0 Å². The van der Waals surface area contributed by atoms with Gasteiger partial charge >= 0.3 is 0 Å². The molecule has 1 rings (SSSR count). The minimum Gasteiger partial charge on any atom is -0.351 e. The summed E-state index contributed by atoms with van der Waals surface area (Å²) in [6.07, 6.45) is 30.4. The lowest BCUT2D eigenvalue weighted by Gasteiger charge is -2.38.